The highest BCUT2D eigenvalue weighted by Crippen LogP contribution is 2.13. The Labute approximate surface area is 164 Å². The van der Waals surface area contributed by atoms with Gasteiger partial charge in [-0.3, -0.25) is 20.4 Å². The van der Waals surface area contributed by atoms with Gasteiger partial charge in [0.1, 0.15) is 5.75 Å². The van der Waals surface area contributed by atoms with Crippen molar-refractivity contribution in [3.05, 3.63) is 71.3 Å². The summed E-state index contributed by atoms with van der Waals surface area (Å²) >= 11 is 0. The number of nitriles is 1. The first-order valence-electron chi connectivity index (χ1n) is 8.99. The lowest BCUT2D eigenvalue weighted by Crippen LogP contribution is -2.40. The summed E-state index contributed by atoms with van der Waals surface area (Å²) in [5.41, 5.74) is 6.41. The zero-order chi connectivity index (χ0) is 20.4. The maximum absolute atomic E-state index is 12.1. The number of nitrogens with zero attached hydrogens (tertiary/aromatic N) is 1. The summed E-state index contributed by atoms with van der Waals surface area (Å²) < 4.78 is 5.61. The van der Waals surface area contributed by atoms with Crippen LogP contribution in [-0.2, 0) is 4.79 Å². The van der Waals surface area contributed by atoms with E-state index in [1.54, 1.807) is 54.6 Å². The molecule has 2 aromatic rings. The van der Waals surface area contributed by atoms with Crippen molar-refractivity contribution in [2.75, 3.05) is 6.61 Å². The molecule has 0 atom stereocenters. The van der Waals surface area contributed by atoms with Gasteiger partial charge in [0, 0.05) is 11.6 Å². The zero-order valence-electron chi connectivity index (χ0n) is 15.9. The fourth-order valence-electron chi connectivity index (χ4n) is 2.19. The Kier molecular flexibility index (Phi) is 7.79. The van der Waals surface area contributed by atoms with Crippen molar-refractivity contribution < 1.29 is 14.3 Å². The highest BCUT2D eigenvalue weighted by atomic mass is 16.5. The molecule has 0 aliphatic heterocycles. The van der Waals surface area contributed by atoms with Gasteiger partial charge in [0.05, 0.1) is 18.2 Å². The molecule has 2 aromatic carbocycles. The lowest BCUT2D eigenvalue weighted by molar-refractivity contribution is -0.117. The number of ether oxygens (including phenoxy) is 1. The van der Waals surface area contributed by atoms with Crippen LogP contribution in [0.4, 0.5) is 0 Å². The molecule has 6 heteroatoms. The average molecular weight is 377 g/mol. The van der Waals surface area contributed by atoms with Crippen LogP contribution in [0.3, 0.4) is 0 Å². The topological polar surface area (TPSA) is 91.2 Å². The second-order valence-corrected chi connectivity index (χ2v) is 6.57. The lowest BCUT2D eigenvalue weighted by Gasteiger charge is -2.09. The predicted molar refractivity (Wildman–Crippen MR) is 107 cm³/mol. The van der Waals surface area contributed by atoms with E-state index in [1.165, 1.54) is 6.08 Å². The minimum Gasteiger partial charge on any atom is -0.494 e. The summed E-state index contributed by atoms with van der Waals surface area (Å²) in [5.74, 6) is 0.381. The molecule has 6 nitrogen and oxygen atoms in total. The second kappa shape index (κ2) is 10.5. The molecule has 0 bridgehead atoms. The number of hydrazine groups is 1. The molecular weight excluding hydrogens is 354 g/mol. The molecule has 28 heavy (non-hydrogen) atoms. The smallest absolute Gasteiger partial charge is 0.269 e. The fourth-order valence-corrected chi connectivity index (χ4v) is 2.19. The van der Waals surface area contributed by atoms with E-state index in [4.69, 9.17) is 10.00 Å². The van der Waals surface area contributed by atoms with Crippen LogP contribution in [0.25, 0.3) is 6.08 Å². The summed E-state index contributed by atoms with van der Waals surface area (Å²) in [6.45, 7) is 4.89. The minimum atomic E-state index is -0.466. The van der Waals surface area contributed by atoms with Crippen LogP contribution in [0, 0.1) is 17.2 Å². The monoisotopic (exact) mass is 377 g/mol. The van der Waals surface area contributed by atoms with Crippen LogP contribution < -0.4 is 15.6 Å². The third kappa shape index (κ3) is 6.96. The molecule has 0 saturated carbocycles. The lowest BCUT2D eigenvalue weighted by atomic mass is 10.1. The van der Waals surface area contributed by atoms with Gasteiger partial charge in [-0.2, -0.15) is 5.26 Å². The summed E-state index contributed by atoms with van der Waals surface area (Å²) in [5, 5.41) is 8.76. The van der Waals surface area contributed by atoms with Crippen molar-refractivity contribution in [1.82, 2.24) is 10.9 Å². The van der Waals surface area contributed by atoms with E-state index in [0.717, 1.165) is 12.0 Å². The van der Waals surface area contributed by atoms with E-state index >= 15 is 0 Å². The number of rotatable bonds is 7. The summed E-state index contributed by atoms with van der Waals surface area (Å²) in [7, 11) is 0. The normalized spacial score (nSPS) is 10.5. The van der Waals surface area contributed by atoms with Crippen LogP contribution in [0.1, 0.15) is 41.8 Å². The molecule has 0 aliphatic carbocycles. The molecular formula is C22H23N3O3. The van der Waals surface area contributed by atoms with Crippen molar-refractivity contribution in [2.24, 2.45) is 5.92 Å². The molecule has 0 heterocycles. The van der Waals surface area contributed by atoms with Crippen LogP contribution in [0.15, 0.2) is 54.6 Å². The Bertz CT molecular complexity index is 863. The predicted octanol–water partition coefficient (Wildman–Crippen LogP) is 3.46. The molecule has 2 rings (SSSR count). The summed E-state index contributed by atoms with van der Waals surface area (Å²) in [6.07, 6.45) is 3.85. The van der Waals surface area contributed by atoms with E-state index in [1.807, 2.05) is 6.07 Å². The molecule has 2 amide bonds. The number of hydrogen-bond donors (Lipinski definition) is 2. The number of nitrogens with one attached hydrogen (secondary N) is 2. The fraction of sp³-hybridized carbons (Fsp3) is 0.227. The highest BCUT2D eigenvalue weighted by molar-refractivity contribution is 5.97. The third-order valence-electron chi connectivity index (χ3n) is 3.85. The zero-order valence-corrected chi connectivity index (χ0v) is 15.9. The molecule has 2 N–H and O–H groups in total. The first-order valence-corrected chi connectivity index (χ1v) is 8.99. The first-order chi connectivity index (χ1) is 13.5. The van der Waals surface area contributed by atoms with E-state index < -0.39 is 11.8 Å². The van der Waals surface area contributed by atoms with E-state index in [2.05, 4.69) is 24.7 Å². The van der Waals surface area contributed by atoms with Gasteiger partial charge < -0.3 is 4.74 Å². The Morgan fingerprint density at radius 2 is 1.75 bits per heavy atom. The number of benzene rings is 2. The number of carbonyl (C=O) groups is 2. The second-order valence-electron chi connectivity index (χ2n) is 6.57. The molecule has 0 spiro atoms. The molecule has 0 radical (unpaired) electrons. The van der Waals surface area contributed by atoms with E-state index in [-0.39, 0.29) is 0 Å². The van der Waals surface area contributed by atoms with Crippen LogP contribution in [0.5, 0.6) is 5.75 Å². The molecule has 0 aliphatic rings. The minimum absolute atomic E-state index is 0.410. The maximum Gasteiger partial charge on any atom is 0.269 e. The number of amides is 2. The Morgan fingerprint density at radius 1 is 1.07 bits per heavy atom. The molecule has 0 fully saturated rings. The largest absolute Gasteiger partial charge is 0.494 e. The SMILES string of the molecule is CC(C)CCOc1ccc(C(=O)NNC(=O)/C=C/c2ccc(C#N)cc2)cc1. The van der Waals surface area contributed by atoms with Gasteiger partial charge in [-0.05, 0) is 60.4 Å². The first kappa shape index (κ1) is 20.7. The van der Waals surface area contributed by atoms with Gasteiger partial charge in [0.25, 0.3) is 11.8 Å². The van der Waals surface area contributed by atoms with Gasteiger partial charge in [0.15, 0.2) is 0 Å². The van der Waals surface area contributed by atoms with Crippen molar-refractivity contribution in [2.45, 2.75) is 20.3 Å². The number of hydrogen-bond acceptors (Lipinski definition) is 4. The number of carbonyl (C=O) groups excluding carboxylic acids is 2. The average Bonchev–Trinajstić information content (AvgIpc) is 2.71. The van der Waals surface area contributed by atoms with Crippen molar-refractivity contribution in [1.29, 1.82) is 5.26 Å². The summed E-state index contributed by atoms with van der Waals surface area (Å²) in [6, 6.07) is 15.5. The Balaban J connectivity index is 1.79. The van der Waals surface area contributed by atoms with Crippen molar-refractivity contribution in [3.8, 4) is 11.8 Å². The van der Waals surface area contributed by atoms with Crippen LogP contribution in [0.2, 0.25) is 0 Å². The Hall–Kier alpha value is -3.59. The van der Waals surface area contributed by atoms with Gasteiger partial charge in [-0.25, -0.2) is 0 Å². The highest BCUT2D eigenvalue weighted by Gasteiger charge is 2.06. The van der Waals surface area contributed by atoms with E-state index in [0.29, 0.717) is 29.4 Å². The van der Waals surface area contributed by atoms with Gasteiger partial charge in [-0.1, -0.05) is 26.0 Å². The van der Waals surface area contributed by atoms with Crippen LogP contribution >= 0.6 is 0 Å². The molecule has 0 aromatic heterocycles. The molecule has 144 valence electrons. The van der Waals surface area contributed by atoms with Crippen molar-refractivity contribution >= 4 is 17.9 Å². The Morgan fingerprint density at radius 3 is 2.36 bits per heavy atom. The van der Waals surface area contributed by atoms with E-state index in [9.17, 15) is 9.59 Å². The molecule has 0 saturated heterocycles. The third-order valence-corrected chi connectivity index (χ3v) is 3.85. The molecule has 0 unspecified atom stereocenters. The van der Waals surface area contributed by atoms with Gasteiger partial charge in [-0.15, -0.1) is 0 Å². The maximum atomic E-state index is 12.1. The van der Waals surface area contributed by atoms with Gasteiger partial charge in [0.2, 0.25) is 0 Å². The van der Waals surface area contributed by atoms with Gasteiger partial charge >= 0.3 is 0 Å². The summed E-state index contributed by atoms with van der Waals surface area (Å²) in [4.78, 5) is 23.9. The standard InChI is InChI=1S/C22H23N3O3/c1-16(2)13-14-28-20-10-8-19(9-11-20)22(27)25-24-21(26)12-7-17-3-5-18(15-23)6-4-17/h3-12,16H,13-14H2,1-2H3,(H,24,26)(H,25,27)/b12-7+. The van der Waals surface area contributed by atoms with Crippen molar-refractivity contribution in [3.63, 3.8) is 0 Å². The quantitative estimate of drug-likeness (QED) is 0.571. The van der Waals surface area contributed by atoms with Crippen LogP contribution in [-0.4, -0.2) is 18.4 Å².